The van der Waals surface area contributed by atoms with E-state index in [1.54, 1.807) is 0 Å². The first-order valence-electron chi connectivity index (χ1n) is 25.8. The fourth-order valence-electron chi connectivity index (χ4n) is 10.5. The normalized spacial score (nSPS) is 12.4. The maximum atomic E-state index is 9.79. The summed E-state index contributed by atoms with van der Waals surface area (Å²) in [6.45, 7) is 29.6. The Morgan fingerprint density at radius 1 is 0.296 bits per heavy atom. The third-order valence-electron chi connectivity index (χ3n) is 14.3. The minimum Gasteiger partial charge on any atom is -0.481 e. The molecule has 0 aliphatic heterocycles. The predicted molar refractivity (Wildman–Crippen MR) is 306 cm³/mol. The van der Waals surface area contributed by atoms with Gasteiger partial charge in [-0.2, -0.15) is 0 Å². The summed E-state index contributed by atoms with van der Waals surface area (Å²) in [6.07, 6.45) is 0.0866. The van der Waals surface area contributed by atoms with E-state index in [-0.39, 0.29) is 51.8 Å². The van der Waals surface area contributed by atoms with Crippen molar-refractivity contribution in [2.45, 2.75) is 161 Å². The van der Waals surface area contributed by atoms with Crippen molar-refractivity contribution >= 4 is 51.5 Å². The quantitative estimate of drug-likeness (QED) is 0.0664. The van der Waals surface area contributed by atoms with Gasteiger partial charge in [0.05, 0.1) is 0 Å². The van der Waals surface area contributed by atoms with E-state index in [1.165, 1.54) is 60.0 Å². The molecule has 6 rings (SSSR count). The van der Waals surface area contributed by atoms with Crippen molar-refractivity contribution in [1.29, 1.82) is 0 Å². The third kappa shape index (κ3) is 20.0. The van der Waals surface area contributed by atoms with Crippen LogP contribution in [0.25, 0.3) is 0 Å². The molecule has 4 nitrogen and oxygen atoms in total. The van der Waals surface area contributed by atoms with Crippen molar-refractivity contribution in [3.8, 4) is 0 Å². The van der Waals surface area contributed by atoms with Crippen molar-refractivity contribution in [3.05, 3.63) is 215 Å². The van der Waals surface area contributed by atoms with Crippen LogP contribution in [0, 0.1) is 0 Å². The SMILES string of the molecule is CC(C)([CH2][Sn]([CH2]C(C)(C)c1ccccc1)[CH2]C(C)(C)c1ccccc1)c1ccccc1.CC(C)([CH2][Sn]([CH2]C(C)(C)c1ccccc1)[CH2]C(C)(C)c1ccccc1)c1ccccc1.O=C(O)CCCC(=O)O. The average Bonchev–Trinajstić information content (AvgIpc) is 3.32. The number of carboxylic acid groups (broad SMARTS) is 2. The summed E-state index contributed by atoms with van der Waals surface area (Å²) in [5, 5.41) is 16.1. The van der Waals surface area contributed by atoms with Gasteiger partial charge in [-0.05, 0) is 6.42 Å². The van der Waals surface area contributed by atoms with Gasteiger partial charge in [-0.1, -0.05) is 0 Å². The Balaban J connectivity index is 0.000000263. The van der Waals surface area contributed by atoms with E-state index in [2.05, 4.69) is 265 Å². The zero-order chi connectivity index (χ0) is 52.4. The molecule has 0 saturated heterocycles. The number of hydrogen-bond donors (Lipinski definition) is 2. The topological polar surface area (TPSA) is 74.6 Å². The first-order valence-corrected chi connectivity index (χ1v) is 37.9. The van der Waals surface area contributed by atoms with Crippen molar-refractivity contribution < 1.29 is 19.8 Å². The first kappa shape index (κ1) is 59.4. The summed E-state index contributed by atoms with van der Waals surface area (Å²) in [5.41, 5.74) is 10.3. The Bertz CT molecular complexity index is 2020. The van der Waals surface area contributed by atoms with Gasteiger partial charge in [0.25, 0.3) is 0 Å². The van der Waals surface area contributed by atoms with Crippen LogP contribution in [0.3, 0.4) is 0 Å². The molecule has 0 fully saturated rings. The molecule has 0 heterocycles. The number of hydrogen-bond acceptors (Lipinski definition) is 2. The van der Waals surface area contributed by atoms with Crippen molar-refractivity contribution in [2.75, 3.05) is 0 Å². The zero-order valence-electron chi connectivity index (χ0n) is 45.4. The van der Waals surface area contributed by atoms with E-state index in [9.17, 15) is 9.59 Å². The Labute approximate surface area is 444 Å². The molecule has 0 aliphatic carbocycles. The van der Waals surface area contributed by atoms with E-state index >= 15 is 0 Å². The van der Waals surface area contributed by atoms with Gasteiger partial charge in [0.1, 0.15) is 0 Å². The van der Waals surface area contributed by atoms with E-state index in [0.717, 1.165) is 0 Å². The monoisotopic (exact) mass is 1170 g/mol. The predicted octanol–water partition coefficient (Wildman–Crippen LogP) is 17.2. The fourth-order valence-corrected chi connectivity index (χ4v) is 37.5. The molecule has 0 bridgehead atoms. The van der Waals surface area contributed by atoms with Gasteiger partial charge in [-0.15, -0.1) is 0 Å². The van der Waals surface area contributed by atoms with Crippen molar-refractivity contribution in [2.24, 2.45) is 0 Å². The van der Waals surface area contributed by atoms with Gasteiger partial charge in [-0.3, -0.25) is 9.59 Å². The molecule has 6 aromatic rings. The van der Waals surface area contributed by atoms with Gasteiger partial charge in [0.15, 0.2) is 0 Å². The van der Waals surface area contributed by atoms with Crippen LogP contribution in [-0.2, 0) is 42.1 Å². The Hall–Kier alpha value is -4.14. The zero-order valence-corrected chi connectivity index (χ0v) is 51.1. The van der Waals surface area contributed by atoms with Gasteiger partial charge < -0.3 is 10.2 Å². The molecular weight excluding hydrogens is 1080 g/mol. The molecule has 6 heteroatoms. The van der Waals surface area contributed by atoms with Crippen LogP contribution in [0.15, 0.2) is 182 Å². The maximum Gasteiger partial charge on any atom is 0.303 e. The molecule has 6 aromatic carbocycles. The van der Waals surface area contributed by atoms with Crippen LogP contribution in [0.4, 0.5) is 0 Å². The summed E-state index contributed by atoms with van der Waals surface area (Å²) < 4.78 is 8.28. The molecule has 0 atom stereocenters. The maximum absolute atomic E-state index is 9.79. The first-order chi connectivity index (χ1) is 33.3. The molecule has 2 N–H and O–H groups in total. The van der Waals surface area contributed by atoms with Gasteiger partial charge >= 0.3 is 409 Å². The Morgan fingerprint density at radius 2 is 0.437 bits per heavy atom. The molecule has 0 unspecified atom stereocenters. The minimum absolute atomic E-state index is 0.0632. The largest absolute Gasteiger partial charge is 0.481 e. The summed E-state index contributed by atoms with van der Waals surface area (Å²) in [5.74, 6) is -1.90. The Morgan fingerprint density at radius 3 is 0.563 bits per heavy atom. The second-order valence-corrected chi connectivity index (χ2v) is 38.3. The van der Waals surface area contributed by atoms with Crippen LogP contribution in [0.2, 0.25) is 26.6 Å². The molecular formula is C65H86O4Sn2. The number of aliphatic carboxylic acids is 2. The fraction of sp³-hybridized carbons (Fsp3) is 0.415. The molecule has 0 saturated carbocycles. The van der Waals surface area contributed by atoms with Gasteiger partial charge in [0.2, 0.25) is 0 Å². The van der Waals surface area contributed by atoms with Gasteiger partial charge in [-0.25, -0.2) is 0 Å². The number of carbonyl (C=O) groups is 2. The second kappa shape index (κ2) is 27.2. The molecule has 0 spiro atoms. The van der Waals surface area contributed by atoms with E-state index in [4.69, 9.17) is 10.2 Å². The summed E-state index contributed by atoms with van der Waals surface area (Å²) in [4.78, 5) is 19.6. The molecule has 0 amide bonds. The van der Waals surface area contributed by atoms with Crippen molar-refractivity contribution in [3.63, 3.8) is 0 Å². The summed E-state index contributed by atoms with van der Waals surface area (Å²) in [7, 11) is 0. The standard InChI is InChI=1S/6C10H13.C5H8O4.2Sn/c6*1-10(2,3)9-7-5-4-6-8-9;6-4(7)2-1-3-5(8)9;;/h6*4-8H,1H2,2-3H3;1-3H2,(H,6,7)(H,8,9);;. The molecule has 71 heavy (non-hydrogen) atoms. The van der Waals surface area contributed by atoms with Crippen LogP contribution >= 0.6 is 0 Å². The third-order valence-corrected chi connectivity index (χ3v) is 38.0. The number of carboxylic acids is 2. The summed E-state index contributed by atoms with van der Waals surface area (Å²) >= 11 is -3.68. The van der Waals surface area contributed by atoms with Crippen molar-refractivity contribution in [1.82, 2.24) is 0 Å². The van der Waals surface area contributed by atoms with Crippen LogP contribution in [0.5, 0.6) is 0 Å². The second-order valence-electron chi connectivity index (χ2n) is 23.7. The Kier molecular flexibility index (Phi) is 22.8. The van der Waals surface area contributed by atoms with Crippen LogP contribution < -0.4 is 0 Å². The summed E-state index contributed by atoms with van der Waals surface area (Å²) in [6, 6.07) is 67.1. The van der Waals surface area contributed by atoms with E-state index in [1.807, 2.05) is 0 Å². The van der Waals surface area contributed by atoms with Crippen LogP contribution in [0.1, 0.15) is 136 Å². The minimum atomic E-state index is -1.84. The molecule has 2 radical (unpaired) electrons. The smallest absolute Gasteiger partial charge is 0.303 e. The molecule has 0 aliphatic rings. The van der Waals surface area contributed by atoms with Gasteiger partial charge in [0, 0.05) is 12.8 Å². The van der Waals surface area contributed by atoms with Crippen LogP contribution in [-0.4, -0.2) is 61.7 Å². The number of benzene rings is 6. The molecule has 0 aromatic heterocycles. The van der Waals surface area contributed by atoms with E-state index in [0.29, 0.717) is 0 Å². The molecule has 378 valence electrons. The van der Waals surface area contributed by atoms with E-state index < -0.39 is 51.5 Å². The average molecular weight is 1170 g/mol. The number of rotatable bonds is 22.